The van der Waals surface area contributed by atoms with Crippen LogP contribution in [0.15, 0.2) is 17.0 Å². The molecule has 1 N–H and O–H groups in total. The van der Waals surface area contributed by atoms with E-state index in [1.807, 2.05) is 0 Å². The molecule has 0 aromatic heterocycles. The van der Waals surface area contributed by atoms with Crippen molar-refractivity contribution >= 4 is 11.8 Å². The Balaban J connectivity index is 2.12. The topological polar surface area (TPSA) is 12.0 Å². The summed E-state index contributed by atoms with van der Waals surface area (Å²) in [6.07, 6.45) is 5.73. The number of hydrogen-bond acceptors (Lipinski definition) is 2. The van der Waals surface area contributed by atoms with Gasteiger partial charge in [-0.05, 0) is 43.7 Å². The summed E-state index contributed by atoms with van der Waals surface area (Å²) in [5.41, 5.74) is 0.486. The van der Waals surface area contributed by atoms with Crippen LogP contribution >= 0.6 is 11.8 Å². The Bertz CT molecular complexity index is 389. The van der Waals surface area contributed by atoms with E-state index in [0.717, 1.165) is 13.0 Å². The molecule has 1 aromatic carbocycles. The standard InChI is InChI=1S/C13H17F2NS/c1-17-11-6-5-9(12(14)13(11)15)8-10-4-2-3-7-16-10/h5-6,10,16H,2-4,7-8H2,1H3. The number of nitrogens with one attached hydrogen (secondary N) is 1. The second-order valence-corrected chi connectivity index (χ2v) is 5.25. The summed E-state index contributed by atoms with van der Waals surface area (Å²) in [6.45, 7) is 0.984. The first-order valence-corrected chi connectivity index (χ1v) is 7.19. The summed E-state index contributed by atoms with van der Waals surface area (Å²) >= 11 is 1.23. The van der Waals surface area contributed by atoms with Crippen LogP contribution in [0, 0.1) is 11.6 Å². The van der Waals surface area contributed by atoms with Gasteiger partial charge >= 0.3 is 0 Å². The molecule has 0 amide bonds. The number of benzene rings is 1. The summed E-state index contributed by atoms with van der Waals surface area (Å²) in [5.74, 6) is -1.38. The normalized spacial score (nSPS) is 20.5. The van der Waals surface area contributed by atoms with Gasteiger partial charge in [0.1, 0.15) is 0 Å². The molecule has 1 aliphatic heterocycles. The summed E-state index contributed by atoms with van der Waals surface area (Å²) in [4.78, 5) is 0.378. The van der Waals surface area contributed by atoms with Gasteiger partial charge in [0.25, 0.3) is 0 Å². The van der Waals surface area contributed by atoms with Crippen molar-refractivity contribution in [2.24, 2.45) is 0 Å². The molecule has 1 aromatic rings. The van der Waals surface area contributed by atoms with Crippen molar-refractivity contribution in [2.75, 3.05) is 12.8 Å². The molecule has 94 valence electrons. The highest BCUT2D eigenvalue weighted by molar-refractivity contribution is 7.98. The van der Waals surface area contributed by atoms with E-state index in [1.54, 1.807) is 18.4 Å². The molecule has 1 unspecified atom stereocenters. The van der Waals surface area contributed by atoms with Crippen LogP contribution < -0.4 is 5.32 Å². The molecule has 1 nitrogen and oxygen atoms in total. The molecule has 1 heterocycles. The molecule has 1 atom stereocenters. The van der Waals surface area contributed by atoms with Crippen LogP contribution in [0.4, 0.5) is 8.78 Å². The summed E-state index contributed by atoms with van der Waals surface area (Å²) < 4.78 is 27.4. The largest absolute Gasteiger partial charge is 0.314 e. The van der Waals surface area contributed by atoms with Crippen molar-refractivity contribution in [3.8, 4) is 0 Å². The predicted octanol–water partition coefficient (Wildman–Crippen LogP) is 3.37. The Labute approximate surface area is 105 Å². The van der Waals surface area contributed by atoms with E-state index < -0.39 is 11.6 Å². The average molecular weight is 257 g/mol. The molecule has 17 heavy (non-hydrogen) atoms. The molecule has 0 spiro atoms. The van der Waals surface area contributed by atoms with Crippen molar-refractivity contribution < 1.29 is 8.78 Å². The fourth-order valence-corrected chi connectivity index (χ4v) is 2.72. The number of piperidine rings is 1. The molecular formula is C13H17F2NS. The number of thioether (sulfide) groups is 1. The zero-order chi connectivity index (χ0) is 12.3. The van der Waals surface area contributed by atoms with Gasteiger partial charge in [-0.1, -0.05) is 12.5 Å². The quantitative estimate of drug-likeness (QED) is 0.833. The van der Waals surface area contributed by atoms with Crippen LogP contribution in [0.25, 0.3) is 0 Å². The Hall–Kier alpha value is -0.610. The van der Waals surface area contributed by atoms with Gasteiger partial charge in [-0.25, -0.2) is 8.78 Å². The summed E-state index contributed by atoms with van der Waals surface area (Å²) in [6, 6.07) is 3.67. The second-order valence-electron chi connectivity index (χ2n) is 4.41. The van der Waals surface area contributed by atoms with Crippen LogP contribution in [0.5, 0.6) is 0 Å². The molecule has 0 saturated carbocycles. The van der Waals surface area contributed by atoms with Crippen LogP contribution in [0.3, 0.4) is 0 Å². The zero-order valence-corrected chi connectivity index (χ0v) is 10.7. The van der Waals surface area contributed by atoms with Gasteiger partial charge in [0.05, 0.1) is 0 Å². The minimum absolute atomic E-state index is 0.290. The Morgan fingerprint density at radius 2 is 2.12 bits per heavy atom. The van der Waals surface area contributed by atoms with Gasteiger partial charge in [0, 0.05) is 10.9 Å². The van der Waals surface area contributed by atoms with Crippen LogP contribution in [-0.2, 0) is 6.42 Å². The zero-order valence-electron chi connectivity index (χ0n) is 9.93. The van der Waals surface area contributed by atoms with Gasteiger partial charge in [0.15, 0.2) is 11.6 Å². The first-order chi connectivity index (χ1) is 8.22. The van der Waals surface area contributed by atoms with Crippen LogP contribution in [0.2, 0.25) is 0 Å². The maximum Gasteiger partial charge on any atom is 0.172 e. The lowest BCUT2D eigenvalue weighted by molar-refractivity contribution is 0.391. The van der Waals surface area contributed by atoms with Crippen LogP contribution in [0.1, 0.15) is 24.8 Å². The Morgan fingerprint density at radius 3 is 2.76 bits per heavy atom. The minimum Gasteiger partial charge on any atom is -0.314 e. The van der Waals surface area contributed by atoms with E-state index in [2.05, 4.69) is 5.32 Å². The third-order valence-electron chi connectivity index (χ3n) is 3.23. The Morgan fingerprint density at radius 1 is 1.29 bits per heavy atom. The summed E-state index contributed by atoms with van der Waals surface area (Å²) in [5, 5.41) is 3.35. The van der Waals surface area contributed by atoms with Gasteiger partial charge in [0.2, 0.25) is 0 Å². The van der Waals surface area contributed by atoms with E-state index in [4.69, 9.17) is 0 Å². The third-order valence-corrected chi connectivity index (χ3v) is 3.98. The lowest BCUT2D eigenvalue weighted by Gasteiger charge is -2.23. The van der Waals surface area contributed by atoms with Crippen molar-refractivity contribution in [1.29, 1.82) is 0 Å². The molecule has 0 bridgehead atoms. The molecule has 1 aliphatic rings. The highest BCUT2D eigenvalue weighted by Gasteiger charge is 2.18. The molecule has 1 fully saturated rings. The third kappa shape index (κ3) is 2.99. The van der Waals surface area contributed by atoms with E-state index in [9.17, 15) is 8.78 Å². The summed E-state index contributed by atoms with van der Waals surface area (Å²) in [7, 11) is 0. The van der Waals surface area contributed by atoms with E-state index in [1.165, 1.54) is 24.6 Å². The van der Waals surface area contributed by atoms with Crippen molar-refractivity contribution in [2.45, 2.75) is 36.6 Å². The minimum atomic E-state index is -0.703. The number of hydrogen-bond donors (Lipinski definition) is 1. The maximum atomic E-state index is 13.8. The molecule has 0 radical (unpaired) electrons. The second kappa shape index (κ2) is 5.83. The van der Waals surface area contributed by atoms with Gasteiger partial charge < -0.3 is 5.32 Å². The monoisotopic (exact) mass is 257 g/mol. The van der Waals surface area contributed by atoms with Gasteiger partial charge in [-0.2, -0.15) is 0 Å². The highest BCUT2D eigenvalue weighted by Crippen LogP contribution is 2.25. The lowest BCUT2D eigenvalue weighted by Crippen LogP contribution is -2.35. The molecule has 2 rings (SSSR count). The molecular weight excluding hydrogens is 240 g/mol. The fourth-order valence-electron chi connectivity index (χ4n) is 2.25. The van der Waals surface area contributed by atoms with Gasteiger partial charge in [-0.15, -0.1) is 11.8 Å². The highest BCUT2D eigenvalue weighted by atomic mass is 32.2. The molecule has 1 saturated heterocycles. The van der Waals surface area contributed by atoms with Crippen LogP contribution in [-0.4, -0.2) is 18.8 Å². The average Bonchev–Trinajstić information content (AvgIpc) is 2.37. The van der Waals surface area contributed by atoms with Crippen molar-refractivity contribution in [1.82, 2.24) is 5.32 Å². The SMILES string of the molecule is CSc1ccc(CC2CCCCN2)c(F)c1F. The van der Waals surface area contributed by atoms with E-state index >= 15 is 0 Å². The predicted molar refractivity (Wildman–Crippen MR) is 67.5 cm³/mol. The van der Waals surface area contributed by atoms with Crippen molar-refractivity contribution in [3.05, 3.63) is 29.3 Å². The molecule has 0 aliphatic carbocycles. The van der Waals surface area contributed by atoms with E-state index in [-0.39, 0.29) is 6.04 Å². The molecule has 4 heteroatoms. The first-order valence-electron chi connectivity index (χ1n) is 5.96. The number of rotatable bonds is 3. The fraction of sp³-hybridized carbons (Fsp3) is 0.538. The van der Waals surface area contributed by atoms with Crippen molar-refractivity contribution in [3.63, 3.8) is 0 Å². The van der Waals surface area contributed by atoms with Gasteiger partial charge in [-0.3, -0.25) is 0 Å². The number of halogens is 2. The lowest BCUT2D eigenvalue weighted by atomic mass is 9.97. The smallest absolute Gasteiger partial charge is 0.172 e. The van der Waals surface area contributed by atoms with E-state index in [0.29, 0.717) is 16.9 Å². The Kier molecular flexibility index (Phi) is 4.40. The maximum absolute atomic E-state index is 13.8. The first kappa shape index (κ1) is 12.8.